The number of hydrogen-bond donors (Lipinski definition) is 1. The summed E-state index contributed by atoms with van der Waals surface area (Å²) in [6.07, 6.45) is -0.0455. The first-order chi connectivity index (χ1) is 9.56. The summed E-state index contributed by atoms with van der Waals surface area (Å²) in [7, 11) is 0. The maximum atomic E-state index is 6.05. The van der Waals surface area contributed by atoms with Crippen molar-refractivity contribution in [1.82, 2.24) is 10.2 Å². The smallest absolute Gasteiger partial charge is 0.259 e. The summed E-state index contributed by atoms with van der Waals surface area (Å²) >= 11 is 6.05. The second-order valence-corrected chi connectivity index (χ2v) is 4.66. The van der Waals surface area contributed by atoms with Crippen LogP contribution >= 0.6 is 11.6 Å². The Labute approximate surface area is 121 Å². The topological polar surface area (TPSA) is 86.5 Å². The molecule has 1 aromatic heterocycles. The average Bonchev–Trinajstić information content (AvgIpc) is 2.85. The lowest BCUT2D eigenvalue weighted by Gasteiger charge is -2.07. The Balaban J connectivity index is 1.96. The summed E-state index contributed by atoms with van der Waals surface area (Å²) in [5, 5.41) is 12.1. The van der Waals surface area contributed by atoms with Crippen LogP contribution in [0.5, 0.6) is 0 Å². The van der Waals surface area contributed by atoms with Gasteiger partial charge in [-0.3, -0.25) is 0 Å². The van der Waals surface area contributed by atoms with Crippen LogP contribution in [0.2, 0.25) is 5.02 Å². The summed E-state index contributed by atoms with van der Waals surface area (Å²) in [5.41, 5.74) is 6.70. The molecule has 0 saturated heterocycles. The van der Waals surface area contributed by atoms with Gasteiger partial charge < -0.3 is 15.0 Å². The van der Waals surface area contributed by atoms with E-state index in [2.05, 4.69) is 15.4 Å². The van der Waals surface area contributed by atoms with Crippen LogP contribution in [0.3, 0.4) is 0 Å². The number of halogens is 1. The molecule has 0 aliphatic heterocycles. The van der Waals surface area contributed by atoms with Crippen molar-refractivity contribution in [2.45, 2.75) is 26.4 Å². The zero-order valence-electron chi connectivity index (χ0n) is 11.2. The summed E-state index contributed by atoms with van der Waals surface area (Å²) in [5.74, 6) is 1.15. The molecule has 0 unspecified atom stereocenters. The molecule has 2 aromatic rings. The SMILES string of the molecule is Cc1nnc([C@H](C)O/N=C(\N)Cc2ccccc2Cl)o1. The largest absolute Gasteiger partial charge is 0.422 e. The summed E-state index contributed by atoms with van der Waals surface area (Å²) in [4.78, 5) is 5.24. The molecule has 2 N–H and O–H groups in total. The van der Waals surface area contributed by atoms with Gasteiger partial charge in [-0.25, -0.2) is 0 Å². The van der Waals surface area contributed by atoms with E-state index < -0.39 is 6.10 Å². The minimum absolute atomic E-state index is 0.321. The second-order valence-electron chi connectivity index (χ2n) is 4.26. The van der Waals surface area contributed by atoms with Gasteiger partial charge in [-0.2, -0.15) is 0 Å². The fourth-order valence-electron chi connectivity index (χ4n) is 1.54. The van der Waals surface area contributed by atoms with Gasteiger partial charge in [0, 0.05) is 18.4 Å². The molecule has 0 radical (unpaired) electrons. The van der Waals surface area contributed by atoms with Crippen molar-refractivity contribution in [2.24, 2.45) is 10.9 Å². The van der Waals surface area contributed by atoms with Gasteiger partial charge in [-0.05, 0) is 18.6 Å². The molecule has 0 fully saturated rings. The minimum atomic E-state index is -0.457. The molecule has 2 rings (SSSR count). The highest BCUT2D eigenvalue weighted by molar-refractivity contribution is 6.31. The molecule has 20 heavy (non-hydrogen) atoms. The van der Waals surface area contributed by atoms with Crippen molar-refractivity contribution >= 4 is 17.4 Å². The number of nitrogens with two attached hydrogens (primary N) is 1. The van der Waals surface area contributed by atoms with Crippen LogP contribution in [0, 0.1) is 6.92 Å². The maximum absolute atomic E-state index is 6.05. The number of aryl methyl sites for hydroxylation is 1. The quantitative estimate of drug-likeness (QED) is 0.520. The van der Waals surface area contributed by atoms with Crippen LogP contribution in [0.25, 0.3) is 0 Å². The molecule has 0 saturated carbocycles. The van der Waals surface area contributed by atoms with E-state index in [4.69, 9.17) is 26.6 Å². The molecule has 1 aromatic carbocycles. The molecular weight excluding hydrogens is 280 g/mol. The van der Waals surface area contributed by atoms with Gasteiger partial charge in [0.1, 0.15) is 5.84 Å². The first-order valence-corrected chi connectivity index (χ1v) is 6.45. The van der Waals surface area contributed by atoms with E-state index in [1.165, 1.54) is 0 Å². The molecule has 0 bridgehead atoms. The lowest BCUT2D eigenvalue weighted by molar-refractivity contribution is 0.0512. The Bertz CT molecular complexity index is 612. The minimum Gasteiger partial charge on any atom is -0.422 e. The third-order valence-corrected chi connectivity index (χ3v) is 2.92. The second kappa shape index (κ2) is 6.38. The van der Waals surface area contributed by atoms with Crippen LogP contribution in [0.15, 0.2) is 33.8 Å². The van der Waals surface area contributed by atoms with Gasteiger partial charge in [0.15, 0.2) is 0 Å². The predicted molar refractivity (Wildman–Crippen MR) is 75.3 cm³/mol. The highest BCUT2D eigenvalue weighted by Gasteiger charge is 2.14. The lowest BCUT2D eigenvalue weighted by atomic mass is 10.1. The number of aromatic nitrogens is 2. The normalized spacial score (nSPS) is 13.2. The van der Waals surface area contributed by atoms with E-state index in [0.717, 1.165) is 5.56 Å². The fourth-order valence-corrected chi connectivity index (χ4v) is 1.74. The van der Waals surface area contributed by atoms with Crippen LogP contribution in [-0.4, -0.2) is 16.0 Å². The average molecular weight is 295 g/mol. The summed E-state index contributed by atoms with van der Waals surface area (Å²) in [6, 6.07) is 7.43. The molecule has 1 atom stereocenters. The number of hydrogen-bond acceptors (Lipinski definition) is 5. The number of nitrogens with zero attached hydrogens (tertiary/aromatic N) is 3. The molecule has 1 heterocycles. The third-order valence-electron chi connectivity index (χ3n) is 2.55. The van der Waals surface area contributed by atoms with E-state index in [-0.39, 0.29) is 0 Å². The van der Waals surface area contributed by atoms with E-state index in [0.29, 0.717) is 29.1 Å². The zero-order valence-corrected chi connectivity index (χ0v) is 12.0. The van der Waals surface area contributed by atoms with Crippen molar-refractivity contribution in [3.63, 3.8) is 0 Å². The Hall–Kier alpha value is -2.08. The standard InChI is InChI=1S/C13H15ClN4O2/c1-8(13-17-16-9(2)19-13)20-18-12(15)7-10-5-3-4-6-11(10)14/h3-6,8H,7H2,1-2H3,(H2,15,18)/t8-/m0/s1. The van der Waals surface area contributed by atoms with Crippen molar-refractivity contribution in [2.75, 3.05) is 0 Å². The van der Waals surface area contributed by atoms with Gasteiger partial charge in [-0.1, -0.05) is 35.0 Å². The van der Waals surface area contributed by atoms with Gasteiger partial charge >= 0.3 is 0 Å². The van der Waals surface area contributed by atoms with Crippen molar-refractivity contribution in [3.8, 4) is 0 Å². The van der Waals surface area contributed by atoms with E-state index >= 15 is 0 Å². The van der Waals surface area contributed by atoms with Crippen LogP contribution in [0.1, 0.15) is 30.4 Å². The number of benzene rings is 1. The summed E-state index contributed by atoms with van der Waals surface area (Å²) < 4.78 is 5.24. The third kappa shape index (κ3) is 3.71. The highest BCUT2D eigenvalue weighted by Crippen LogP contribution is 2.17. The highest BCUT2D eigenvalue weighted by atomic mass is 35.5. The molecule has 106 valence electrons. The van der Waals surface area contributed by atoms with E-state index in [1.54, 1.807) is 19.9 Å². The van der Waals surface area contributed by atoms with Crippen LogP contribution in [-0.2, 0) is 11.3 Å². The Morgan fingerprint density at radius 3 is 2.85 bits per heavy atom. The molecule has 7 heteroatoms. The number of amidine groups is 1. The van der Waals surface area contributed by atoms with Crippen LogP contribution in [0.4, 0.5) is 0 Å². The van der Waals surface area contributed by atoms with Gasteiger partial charge in [0.05, 0.1) is 0 Å². The van der Waals surface area contributed by atoms with Gasteiger partial charge in [0.25, 0.3) is 5.89 Å². The van der Waals surface area contributed by atoms with Crippen molar-refractivity contribution in [1.29, 1.82) is 0 Å². The van der Waals surface area contributed by atoms with Crippen molar-refractivity contribution < 1.29 is 9.25 Å². The molecular formula is C13H15ClN4O2. The molecule has 6 nitrogen and oxygen atoms in total. The Morgan fingerprint density at radius 2 is 2.20 bits per heavy atom. The predicted octanol–water partition coefficient (Wildman–Crippen LogP) is 2.62. The fraction of sp³-hybridized carbons (Fsp3) is 0.308. The molecule has 0 amide bonds. The monoisotopic (exact) mass is 294 g/mol. The Morgan fingerprint density at radius 1 is 1.45 bits per heavy atom. The number of oxime groups is 1. The lowest BCUT2D eigenvalue weighted by Crippen LogP contribution is -2.16. The first-order valence-electron chi connectivity index (χ1n) is 6.08. The van der Waals surface area contributed by atoms with Crippen LogP contribution < -0.4 is 5.73 Å². The van der Waals surface area contributed by atoms with Crippen molar-refractivity contribution in [3.05, 3.63) is 46.6 Å². The Kier molecular flexibility index (Phi) is 4.57. The maximum Gasteiger partial charge on any atom is 0.259 e. The molecule has 0 spiro atoms. The van der Waals surface area contributed by atoms with E-state index in [1.807, 2.05) is 18.2 Å². The molecule has 0 aliphatic carbocycles. The number of rotatable bonds is 5. The van der Waals surface area contributed by atoms with E-state index in [9.17, 15) is 0 Å². The first kappa shape index (κ1) is 14.3. The zero-order chi connectivity index (χ0) is 14.5. The summed E-state index contributed by atoms with van der Waals surface area (Å²) in [6.45, 7) is 3.46. The van der Waals surface area contributed by atoms with Gasteiger partial charge in [-0.15, -0.1) is 10.2 Å². The molecule has 0 aliphatic rings. The van der Waals surface area contributed by atoms with Gasteiger partial charge in [0.2, 0.25) is 12.0 Å².